The van der Waals surface area contributed by atoms with Crippen LogP contribution in [0.2, 0.25) is 0 Å². The Morgan fingerprint density at radius 3 is 2.44 bits per heavy atom. The molecule has 0 saturated heterocycles. The fourth-order valence-electron chi connectivity index (χ4n) is 3.60. The first-order valence-electron chi connectivity index (χ1n) is 10.8. The van der Waals surface area contributed by atoms with E-state index in [0.717, 1.165) is 28.1 Å². The van der Waals surface area contributed by atoms with Crippen molar-refractivity contribution in [3.05, 3.63) is 101 Å². The number of carbonyl (C=O) groups excluding carboxylic acids is 1. The standard InChI is InChI=1S/C28H24N4O2/c1-19-9-12-24(13-10-19)30-28(33)22(17-29)16-23-18-32(25-7-5-4-6-8-25)31-27(23)21-11-14-26(34-3)20(2)15-21/h4-16,18H,1-3H3,(H,30,33). The van der Waals surface area contributed by atoms with Crippen molar-refractivity contribution >= 4 is 17.7 Å². The van der Waals surface area contributed by atoms with Gasteiger partial charge >= 0.3 is 0 Å². The summed E-state index contributed by atoms with van der Waals surface area (Å²) in [5.41, 5.74) is 5.70. The van der Waals surface area contributed by atoms with Crippen LogP contribution in [0.15, 0.2) is 84.6 Å². The van der Waals surface area contributed by atoms with E-state index in [1.54, 1.807) is 30.0 Å². The lowest BCUT2D eigenvalue weighted by Gasteiger charge is -2.07. The third kappa shape index (κ3) is 4.89. The van der Waals surface area contributed by atoms with E-state index in [1.807, 2.05) is 86.8 Å². The molecule has 1 N–H and O–H groups in total. The average molecular weight is 449 g/mol. The van der Waals surface area contributed by atoms with Gasteiger partial charge in [-0.15, -0.1) is 0 Å². The zero-order chi connectivity index (χ0) is 24.1. The molecule has 6 nitrogen and oxygen atoms in total. The van der Waals surface area contributed by atoms with Gasteiger partial charge in [-0.2, -0.15) is 10.4 Å². The number of aryl methyl sites for hydroxylation is 2. The molecule has 3 aromatic carbocycles. The Balaban J connectivity index is 1.77. The summed E-state index contributed by atoms with van der Waals surface area (Å²) in [6.45, 7) is 3.93. The normalized spacial score (nSPS) is 11.1. The highest BCUT2D eigenvalue weighted by Gasteiger charge is 2.16. The van der Waals surface area contributed by atoms with Gasteiger partial charge in [-0.25, -0.2) is 4.68 Å². The van der Waals surface area contributed by atoms with Crippen molar-refractivity contribution in [1.29, 1.82) is 5.26 Å². The highest BCUT2D eigenvalue weighted by atomic mass is 16.5. The third-order valence-corrected chi connectivity index (χ3v) is 5.41. The molecule has 0 aliphatic carbocycles. The SMILES string of the molecule is COc1ccc(-c2nn(-c3ccccc3)cc2C=C(C#N)C(=O)Nc2ccc(C)cc2)cc1C. The van der Waals surface area contributed by atoms with Crippen molar-refractivity contribution in [1.82, 2.24) is 9.78 Å². The van der Waals surface area contributed by atoms with Gasteiger partial charge in [-0.1, -0.05) is 35.9 Å². The van der Waals surface area contributed by atoms with Gasteiger partial charge < -0.3 is 10.1 Å². The predicted molar refractivity (Wildman–Crippen MR) is 134 cm³/mol. The number of aromatic nitrogens is 2. The molecule has 0 spiro atoms. The van der Waals surface area contributed by atoms with Crippen LogP contribution in [-0.2, 0) is 4.79 Å². The number of nitriles is 1. The van der Waals surface area contributed by atoms with Gasteiger partial charge in [0.2, 0.25) is 0 Å². The van der Waals surface area contributed by atoms with Crippen LogP contribution in [0.1, 0.15) is 16.7 Å². The van der Waals surface area contributed by atoms with Crippen LogP contribution in [0.4, 0.5) is 5.69 Å². The Kier molecular flexibility index (Phi) is 6.56. The zero-order valence-corrected chi connectivity index (χ0v) is 19.2. The fourth-order valence-corrected chi connectivity index (χ4v) is 3.60. The molecule has 1 amide bonds. The summed E-state index contributed by atoms with van der Waals surface area (Å²) in [5, 5.41) is 17.3. The molecule has 4 aromatic rings. The average Bonchev–Trinajstić information content (AvgIpc) is 3.28. The number of nitrogens with one attached hydrogen (secondary N) is 1. The lowest BCUT2D eigenvalue weighted by molar-refractivity contribution is -0.112. The van der Waals surface area contributed by atoms with Gasteiger partial charge in [0.25, 0.3) is 5.91 Å². The van der Waals surface area contributed by atoms with Crippen molar-refractivity contribution in [3.63, 3.8) is 0 Å². The highest BCUT2D eigenvalue weighted by molar-refractivity contribution is 6.10. The van der Waals surface area contributed by atoms with E-state index >= 15 is 0 Å². The van der Waals surface area contributed by atoms with Crippen LogP contribution in [-0.4, -0.2) is 22.8 Å². The maximum atomic E-state index is 12.8. The number of amides is 1. The third-order valence-electron chi connectivity index (χ3n) is 5.41. The number of methoxy groups -OCH3 is 1. The number of nitrogens with zero attached hydrogens (tertiary/aromatic N) is 3. The number of rotatable bonds is 6. The van der Waals surface area contributed by atoms with Gasteiger partial charge in [-0.05, 0) is 68.0 Å². The molecule has 0 unspecified atom stereocenters. The van der Waals surface area contributed by atoms with Crippen LogP contribution in [0.25, 0.3) is 23.0 Å². The van der Waals surface area contributed by atoms with E-state index in [-0.39, 0.29) is 5.57 Å². The smallest absolute Gasteiger partial charge is 0.266 e. The van der Waals surface area contributed by atoms with E-state index in [4.69, 9.17) is 9.84 Å². The minimum atomic E-state index is -0.476. The molecule has 0 aliphatic rings. The Bertz CT molecular complexity index is 1390. The number of para-hydroxylation sites is 1. The topological polar surface area (TPSA) is 79.9 Å². The molecule has 0 saturated carbocycles. The van der Waals surface area contributed by atoms with Crippen LogP contribution in [0, 0.1) is 25.2 Å². The number of hydrogen-bond acceptors (Lipinski definition) is 4. The fraction of sp³-hybridized carbons (Fsp3) is 0.107. The number of hydrogen-bond donors (Lipinski definition) is 1. The number of benzene rings is 3. The molecule has 1 aromatic heterocycles. The van der Waals surface area contributed by atoms with Crippen LogP contribution in [0.3, 0.4) is 0 Å². The maximum Gasteiger partial charge on any atom is 0.266 e. The molecule has 168 valence electrons. The molecule has 1 heterocycles. The molecule has 0 aliphatic heterocycles. The van der Waals surface area contributed by atoms with E-state index in [1.165, 1.54) is 0 Å². The van der Waals surface area contributed by atoms with Gasteiger partial charge in [0.15, 0.2) is 0 Å². The first-order chi connectivity index (χ1) is 16.5. The molecular formula is C28H24N4O2. The van der Waals surface area contributed by atoms with E-state index in [2.05, 4.69) is 5.32 Å². The lowest BCUT2D eigenvalue weighted by atomic mass is 10.0. The molecular weight excluding hydrogens is 424 g/mol. The summed E-state index contributed by atoms with van der Waals surface area (Å²) in [7, 11) is 1.63. The zero-order valence-electron chi connectivity index (χ0n) is 19.2. The Labute approximate surface area is 198 Å². The van der Waals surface area contributed by atoms with Crippen LogP contribution >= 0.6 is 0 Å². The summed E-state index contributed by atoms with van der Waals surface area (Å²) in [5.74, 6) is 0.300. The summed E-state index contributed by atoms with van der Waals surface area (Å²) in [4.78, 5) is 12.8. The first-order valence-corrected chi connectivity index (χ1v) is 10.8. The highest BCUT2D eigenvalue weighted by Crippen LogP contribution is 2.30. The van der Waals surface area contributed by atoms with E-state index in [9.17, 15) is 10.1 Å². The quantitative estimate of drug-likeness (QED) is 0.303. The van der Waals surface area contributed by atoms with Gasteiger partial charge in [0.05, 0.1) is 12.8 Å². The molecule has 6 heteroatoms. The molecule has 0 fully saturated rings. The minimum Gasteiger partial charge on any atom is -0.496 e. The van der Waals surface area contributed by atoms with Gasteiger partial charge in [0.1, 0.15) is 23.1 Å². The maximum absolute atomic E-state index is 12.8. The van der Waals surface area contributed by atoms with Crippen molar-refractivity contribution < 1.29 is 9.53 Å². The largest absolute Gasteiger partial charge is 0.496 e. The van der Waals surface area contributed by atoms with E-state index < -0.39 is 5.91 Å². The number of anilines is 1. The van der Waals surface area contributed by atoms with Crippen molar-refractivity contribution in [2.45, 2.75) is 13.8 Å². The van der Waals surface area contributed by atoms with Crippen LogP contribution < -0.4 is 10.1 Å². The molecule has 4 rings (SSSR count). The summed E-state index contributed by atoms with van der Waals surface area (Å²) in [6.07, 6.45) is 3.39. The Morgan fingerprint density at radius 1 is 1.06 bits per heavy atom. The second kappa shape index (κ2) is 9.88. The Morgan fingerprint density at radius 2 is 1.79 bits per heavy atom. The lowest BCUT2D eigenvalue weighted by Crippen LogP contribution is -2.13. The summed E-state index contributed by atoms with van der Waals surface area (Å²) < 4.78 is 7.13. The summed E-state index contributed by atoms with van der Waals surface area (Å²) in [6, 6.07) is 24.9. The van der Waals surface area contributed by atoms with Crippen molar-refractivity contribution in [3.8, 4) is 28.8 Å². The minimum absolute atomic E-state index is 0.0142. The van der Waals surface area contributed by atoms with Crippen LogP contribution in [0.5, 0.6) is 5.75 Å². The van der Waals surface area contributed by atoms with Gasteiger partial charge in [-0.3, -0.25) is 4.79 Å². The van der Waals surface area contributed by atoms with E-state index in [0.29, 0.717) is 16.9 Å². The molecule has 0 bridgehead atoms. The number of carbonyl (C=O) groups is 1. The predicted octanol–water partition coefficient (Wildman–Crippen LogP) is 5.71. The molecule has 0 atom stereocenters. The molecule has 0 radical (unpaired) electrons. The van der Waals surface area contributed by atoms with Crippen molar-refractivity contribution in [2.75, 3.05) is 12.4 Å². The Hall–Kier alpha value is -4.63. The molecule has 34 heavy (non-hydrogen) atoms. The number of ether oxygens (including phenoxy) is 1. The summed E-state index contributed by atoms with van der Waals surface area (Å²) >= 11 is 0. The monoisotopic (exact) mass is 448 g/mol. The van der Waals surface area contributed by atoms with Gasteiger partial charge in [0, 0.05) is 23.0 Å². The second-order valence-corrected chi connectivity index (χ2v) is 7.89. The van der Waals surface area contributed by atoms with Crippen molar-refractivity contribution in [2.24, 2.45) is 0 Å². The second-order valence-electron chi connectivity index (χ2n) is 7.89. The first kappa shape index (κ1) is 22.6.